The Balaban J connectivity index is 4.46. The summed E-state index contributed by atoms with van der Waals surface area (Å²) in [6.07, 6.45) is -4.25. The number of nitrogens with one attached hydrogen (secondary N) is 2. The van der Waals surface area contributed by atoms with E-state index in [-0.39, 0.29) is 11.1 Å². The third kappa shape index (κ3) is 6.45. The molecule has 4 N–H and O–H groups in total. The van der Waals surface area contributed by atoms with Crippen molar-refractivity contribution in [3.8, 4) is 0 Å². The van der Waals surface area contributed by atoms with Crippen molar-refractivity contribution in [2.45, 2.75) is 26.3 Å². The molecule has 0 saturated heterocycles. The maximum atomic E-state index is 11.3. The fourth-order valence-corrected chi connectivity index (χ4v) is 0.823. The van der Waals surface area contributed by atoms with Crippen LogP contribution in [0.5, 0.6) is 0 Å². The third-order valence-corrected chi connectivity index (χ3v) is 1.96. The molecule has 0 aromatic carbocycles. The van der Waals surface area contributed by atoms with Crippen LogP contribution in [0.25, 0.3) is 0 Å². The minimum Gasteiger partial charge on any atom is -0.386 e. The number of carbonyl (C=O) groups excluding carboxylic acids is 4. The molecule has 0 radical (unpaired) electrons. The Kier molecular flexibility index (Phi) is 6.97. The van der Waals surface area contributed by atoms with E-state index in [0.29, 0.717) is 0 Å². The Bertz CT molecular complexity index is 454. The topological polar surface area (TPSA) is 142 Å². The van der Waals surface area contributed by atoms with E-state index in [1.807, 2.05) is 0 Å². The van der Waals surface area contributed by atoms with Crippen molar-refractivity contribution in [2.75, 3.05) is 0 Å². The molecule has 0 spiro atoms. The number of ether oxygens (including phenoxy) is 1. The predicted molar refractivity (Wildman–Crippen MR) is 69.0 cm³/mol. The summed E-state index contributed by atoms with van der Waals surface area (Å²) in [5, 5.41) is 22.1. The summed E-state index contributed by atoms with van der Waals surface area (Å²) in [4.78, 5) is 44.8. The molecule has 0 rings (SSSR count). The summed E-state index contributed by atoms with van der Waals surface area (Å²) in [6.45, 7) is 9.19. The molecule has 0 aromatic heterocycles. The van der Waals surface area contributed by atoms with Crippen LogP contribution in [0, 0.1) is 0 Å². The zero-order valence-electron chi connectivity index (χ0n) is 11.5. The Hall–Kier alpha value is -2.52. The second-order valence-electron chi connectivity index (χ2n) is 4.05. The lowest BCUT2D eigenvalue weighted by atomic mass is 10.3. The van der Waals surface area contributed by atoms with Gasteiger partial charge in [0.15, 0.2) is 0 Å². The number of carbonyl (C=O) groups is 4. The third-order valence-electron chi connectivity index (χ3n) is 1.96. The average molecular weight is 300 g/mol. The molecule has 0 bridgehead atoms. The molecule has 2 amide bonds. The zero-order valence-corrected chi connectivity index (χ0v) is 11.5. The van der Waals surface area contributed by atoms with Crippen LogP contribution < -0.4 is 10.6 Å². The minimum absolute atomic E-state index is 0.0157. The molecule has 116 valence electrons. The largest absolute Gasteiger partial charge is 0.386 e. The summed E-state index contributed by atoms with van der Waals surface area (Å²) < 4.78 is 4.07. The lowest BCUT2D eigenvalue weighted by molar-refractivity contribution is -0.174. The van der Waals surface area contributed by atoms with Crippen molar-refractivity contribution < 1.29 is 34.1 Å². The van der Waals surface area contributed by atoms with E-state index in [4.69, 9.17) is 0 Å². The number of aliphatic hydroxyl groups excluding tert-OH is 2. The molecule has 0 aromatic rings. The summed E-state index contributed by atoms with van der Waals surface area (Å²) in [6, 6.07) is 0. The van der Waals surface area contributed by atoms with Gasteiger partial charge in [0.1, 0.15) is 0 Å². The summed E-state index contributed by atoms with van der Waals surface area (Å²) in [5.41, 5.74) is 0.0314. The van der Waals surface area contributed by atoms with Gasteiger partial charge in [-0.15, -0.1) is 0 Å². The van der Waals surface area contributed by atoms with Crippen LogP contribution >= 0.6 is 0 Å². The number of aliphatic hydroxyl groups is 2. The van der Waals surface area contributed by atoms with Crippen molar-refractivity contribution in [3.63, 3.8) is 0 Å². The Morgan fingerprint density at radius 3 is 1.38 bits per heavy atom. The molecular weight excluding hydrogens is 284 g/mol. The molecule has 0 saturated carbocycles. The van der Waals surface area contributed by atoms with Crippen LogP contribution in [0.1, 0.15) is 13.8 Å². The van der Waals surface area contributed by atoms with Gasteiger partial charge in [-0.1, -0.05) is 13.2 Å². The fraction of sp³-hybridized carbons (Fsp3) is 0.333. The van der Waals surface area contributed by atoms with Gasteiger partial charge in [0.05, 0.1) is 0 Å². The molecule has 0 fully saturated rings. The maximum absolute atomic E-state index is 11.3. The highest BCUT2D eigenvalue weighted by Gasteiger charge is 2.27. The van der Waals surface area contributed by atoms with Crippen LogP contribution in [0.2, 0.25) is 0 Å². The quantitative estimate of drug-likeness (QED) is 0.194. The van der Waals surface area contributed by atoms with Gasteiger partial charge in [-0.25, -0.2) is 9.59 Å². The van der Waals surface area contributed by atoms with Crippen molar-refractivity contribution in [1.29, 1.82) is 0 Å². The smallest absolute Gasteiger partial charge is 0.364 e. The van der Waals surface area contributed by atoms with E-state index in [9.17, 15) is 29.4 Å². The molecule has 2 atom stereocenters. The van der Waals surface area contributed by atoms with Crippen LogP contribution in [-0.4, -0.2) is 46.4 Å². The zero-order chi connectivity index (χ0) is 16.7. The van der Waals surface area contributed by atoms with Gasteiger partial charge in [0.2, 0.25) is 24.3 Å². The molecule has 21 heavy (non-hydrogen) atoms. The lowest BCUT2D eigenvalue weighted by Crippen LogP contribution is -2.47. The Morgan fingerprint density at radius 1 is 0.857 bits per heavy atom. The highest BCUT2D eigenvalue weighted by Crippen LogP contribution is 1.95. The number of amides is 2. The van der Waals surface area contributed by atoms with Crippen LogP contribution in [-0.2, 0) is 23.9 Å². The lowest BCUT2D eigenvalue weighted by Gasteiger charge is -2.14. The first-order chi connectivity index (χ1) is 9.56. The molecular formula is C12H16N2O7. The highest BCUT2D eigenvalue weighted by molar-refractivity contribution is 5.98. The van der Waals surface area contributed by atoms with E-state index in [1.54, 1.807) is 10.6 Å². The van der Waals surface area contributed by atoms with E-state index in [2.05, 4.69) is 17.9 Å². The number of hydrogen-bond acceptors (Lipinski definition) is 7. The van der Waals surface area contributed by atoms with Crippen LogP contribution in [0.4, 0.5) is 0 Å². The van der Waals surface area contributed by atoms with Gasteiger partial charge in [-0.05, 0) is 13.8 Å². The first kappa shape index (κ1) is 18.5. The van der Waals surface area contributed by atoms with Gasteiger partial charge < -0.3 is 25.6 Å². The Morgan fingerprint density at radius 2 is 1.14 bits per heavy atom. The SMILES string of the molecule is C=C(C)C(=O)NC(O)C(=O)OC(=O)C(O)NC(=O)C(=C)C. The van der Waals surface area contributed by atoms with E-state index in [0.717, 1.165) is 0 Å². The van der Waals surface area contributed by atoms with Crippen molar-refractivity contribution in [2.24, 2.45) is 0 Å². The highest BCUT2D eigenvalue weighted by atomic mass is 16.6. The number of hydrogen-bond donors (Lipinski definition) is 4. The van der Waals surface area contributed by atoms with Gasteiger partial charge >= 0.3 is 11.9 Å². The second-order valence-corrected chi connectivity index (χ2v) is 4.05. The molecule has 9 nitrogen and oxygen atoms in total. The van der Waals surface area contributed by atoms with Gasteiger partial charge in [0.25, 0.3) is 0 Å². The average Bonchev–Trinajstić information content (AvgIpc) is 2.37. The fourth-order valence-electron chi connectivity index (χ4n) is 0.823. The first-order valence-corrected chi connectivity index (χ1v) is 5.60. The first-order valence-electron chi connectivity index (χ1n) is 5.60. The molecule has 9 heteroatoms. The van der Waals surface area contributed by atoms with Crippen LogP contribution in [0.15, 0.2) is 24.3 Å². The van der Waals surface area contributed by atoms with E-state index in [1.165, 1.54) is 13.8 Å². The molecule has 2 unspecified atom stereocenters. The van der Waals surface area contributed by atoms with E-state index < -0.39 is 36.2 Å². The molecule has 0 aliphatic carbocycles. The van der Waals surface area contributed by atoms with Gasteiger partial charge in [0, 0.05) is 11.1 Å². The van der Waals surface area contributed by atoms with Crippen molar-refractivity contribution >= 4 is 23.8 Å². The van der Waals surface area contributed by atoms with Gasteiger partial charge in [-0.3, -0.25) is 9.59 Å². The Labute approximate surface area is 120 Å². The molecule has 0 aliphatic heterocycles. The van der Waals surface area contributed by atoms with E-state index >= 15 is 0 Å². The maximum Gasteiger partial charge on any atom is 0.364 e. The summed E-state index contributed by atoms with van der Waals surface area (Å²) in [5.74, 6) is -4.72. The standard InChI is InChI=1S/C12H16N2O7/c1-5(2)7(15)13-9(17)11(19)21-12(20)10(18)14-8(16)6(3)4/h9-10,17-18H,1,3H2,2,4H3,(H,13,15)(H,14,16). The van der Waals surface area contributed by atoms with Crippen LogP contribution in [0.3, 0.4) is 0 Å². The number of rotatable bonds is 6. The summed E-state index contributed by atoms with van der Waals surface area (Å²) in [7, 11) is 0. The monoisotopic (exact) mass is 300 g/mol. The second kappa shape index (κ2) is 7.92. The molecule has 0 aliphatic rings. The summed E-state index contributed by atoms with van der Waals surface area (Å²) >= 11 is 0. The number of esters is 2. The van der Waals surface area contributed by atoms with Crippen molar-refractivity contribution in [1.82, 2.24) is 10.6 Å². The minimum atomic E-state index is -2.12. The predicted octanol–water partition coefficient (Wildman–Crippen LogP) is -1.92. The van der Waals surface area contributed by atoms with Crippen molar-refractivity contribution in [3.05, 3.63) is 24.3 Å². The molecule has 0 heterocycles. The normalized spacial score (nSPS) is 12.6. The van der Waals surface area contributed by atoms with Gasteiger partial charge in [-0.2, -0.15) is 0 Å².